The van der Waals surface area contributed by atoms with Crippen molar-refractivity contribution in [2.75, 3.05) is 11.9 Å². The van der Waals surface area contributed by atoms with Gasteiger partial charge in [-0.1, -0.05) is 12.1 Å². The van der Waals surface area contributed by atoms with Gasteiger partial charge in [0.1, 0.15) is 5.75 Å². The van der Waals surface area contributed by atoms with Gasteiger partial charge in [0, 0.05) is 11.8 Å². The third-order valence-corrected chi connectivity index (χ3v) is 3.34. The number of carbonyl (C=O) groups excluding carboxylic acids is 1. The standard InChI is InChI=1S/C17H17F2NO2/c1-11-4-3-5-16(12(11)2)22-9-8-17(21)20-13-6-7-14(18)15(19)10-13/h3-7,10H,8-9H2,1-2H3,(H,20,21). The quantitative estimate of drug-likeness (QED) is 0.907. The lowest BCUT2D eigenvalue weighted by Crippen LogP contribution is -2.15. The third-order valence-electron chi connectivity index (χ3n) is 3.34. The summed E-state index contributed by atoms with van der Waals surface area (Å²) in [5.41, 5.74) is 2.36. The molecule has 0 bridgehead atoms. The van der Waals surface area contributed by atoms with E-state index in [0.717, 1.165) is 29.0 Å². The predicted molar refractivity (Wildman–Crippen MR) is 81.0 cm³/mol. The van der Waals surface area contributed by atoms with E-state index < -0.39 is 11.6 Å². The summed E-state index contributed by atoms with van der Waals surface area (Å²) in [6.45, 7) is 4.14. The minimum Gasteiger partial charge on any atom is -0.493 e. The molecular weight excluding hydrogens is 288 g/mol. The number of hydrogen-bond acceptors (Lipinski definition) is 2. The Bertz CT molecular complexity index is 686. The SMILES string of the molecule is Cc1cccc(OCCC(=O)Nc2ccc(F)c(F)c2)c1C. The Morgan fingerprint density at radius 3 is 2.64 bits per heavy atom. The van der Waals surface area contributed by atoms with Crippen molar-refractivity contribution in [2.45, 2.75) is 20.3 Å². The molecule has 0 radical (unpaired) electrons. The highest BCUT2D eigenvalue weighted by molar-refractivity contribution is 5.90. The molecule has 0 aliphatic rings. The van der Waals surface area contributed by atoms with Gasteiger partial charge < -0.3 is 10.1 Å². The zero-order valence-electron chi connectivity index (χ0n) is 12.5. The van der Waals surface area contributed by atoms with Gasteiger partial charge in [0.25, 0.3) is 0 Å². The Hall–Kier alpha value is -2.43. The van der Waals surface area contributed by atoms with E-state index in [1.165, 1.54) is 6.07 Å². The van der Waals surface area contributed by atoms with Crippen molar-refractivity contribution in [1.82, 2.24) is 0 Å². The van der Waals surface area contributed by atoms with E-state index in [1.54, 1.807) is 0 Å². The fourth-order valence-electron chi connectivity index (χ4n) is 1.93. The van der Waals surface area contributed by atoms with Crippen LogP contribution in [0.1, 0.15) is 17.5 Å². The number of nitrogens with one attached hydrogen (secondary N) is 1. The molecule has 1 N–H and O–H groups in total. The molecule has 5 heteroatoms. The first kappa shape index (κ1) is 15.9. The highest BCUT2D eigenvalue weighted by Gasteiger charge is 2.07. The molecule has 22 heavy (non-hydrogen) atoms. The lowest BCUT2D eigenvalue weighted by Gasteiger charge is -2.11. The van der Waals surface area contributed by atoms with Crippen LogP contribution in [0.5, 0.6) is 5.75 Å². The molecule has 0 heterocycles. The van der Waals surface area contributed by atoms with Crippen LogP contribution in [0.3, 0.4) is 0 Å². The van der Waals surface area contributed by atoms with Crippen LogP contribution in [-0.2, 0) is 4.79 Å². The van der Waals surface area contributed by atoms with E-state index in [9.17, 15) is 13.6 Å². The predicted octanol–water partition coefficient (Wildman–Crippen LogP) is 3.99. The van der Waals surface area contributed by atoms with Crippen molar-refractivity contribution in [3.8, 4) is 5.75 Å². The van der Waals surface area contributed by atoms with Crippen LogP contribution in [0, 0.1) is 25.5 Å². The molecule has 0 spiro atoms. The molecule has 0 saturated heterocycles. The molecule has 1 amide bonds. The molecule has 0 aromatic heterocycles. The number of ether oxygens (including phenoxy) is 1. The maximum absolute atomic E-state index is 13.0. The summed E-state index contributed by atoms with van der Waals surface area (Å²) >= 11 is 0. The van der Waals surface area contributed by atoms with Gasteiger partial charge >= 0.3 is 0 Å². The second kappa shape index (κ2) is 7.02. The van der Waals surface area contributed by atoms with Gasteiger partial charge in [-0.2, -0.15) is 0 Å². The average molecular weight is 305 g/mol. The first-order chi connectivity index (χ1) is 10.5. The van der Waals surface area contributed by atoms with E-state index in [-0.39, 0.29) is 24.6 Å². The first-order valence-electron chi connectivity index (χ1n) is 6.91. The highest BCUT2D eigenvalue weighted by atomic mass is 19.2. The summed E-state index contributed by atoms with van der Waals surface area (Å²) < 4.78 is 31.4. The van der Waals surface area contributed by atoms with Crippen molar-refractivity contribution < 1.29 is 18.3 Å². The number of carbonyl (C=O) groups is 1. The smallest absolute Gasteiger partial charge is 0.227 e. The fraction of sp³-hybridized carbons (Fsp3) is 0.235. The molecule has 116 valence electrons. The van der Waals surface area contributed by atoms with Gasteiger partial charge in [-0.05, 0) is 43.2 Å². The molecule has 0 unspecified atom stereocenters. The van der Waals surface area contributed by atoms with Crippen molar-refractivity contribution >= 4 is 11.6 Å². The Balaban J connectivity index is 1.85. The number of halogens is 2. The normalized spacial score (nSPS) is 10.4. The Morgan fingerprint density at radius 2 is 1.91 bits per heavy atom. The van der Waals surface area contributed by atoms with E-state index >= 15 is 0 Å². The lowest BCUT2D eigenvalue weighted by molar-refractivity contribution is -0.116. The van der Waals surface area contributed by atoms with Crippen molar-refractivity contribution in [3.63, 3.8) is 0 Å². The Labute approximate surface area is 127 Å². The second-order valence-corrected chi connectivity index (χ2v) is 4.97. The zero-order chi connectivity index (χ0) is 16.1. The molecule has 2 aromatic carbocycles. The largest absolute Gasteiger partial charge is 0.493 e. The van der Waals surface area contributed by atoms with Gasteiger partial charge in [-0.15, -0.1) is 0 Å². The first-order valence-corrected chi connectivity index (χ1v) is 6.91. The highest BCUT2D eigenvalue weighted by Crippen LogP contribution is 2.20. The minimum absolute atomic E-state index is 0.117. The van der Waals surface area contributed by atoms with Gasteiger partial charge in [-0.3, -0.25) is 4.79 Å². The minimum atomic E-state index is -0.996. The van der Waals surface area contributed by atoms with Gasteiger partial charge in [-0.25, -0.2) is 8.78 Å². The van der Waals surface area contributed by atoms with E-state index in [0.29, 0.717) is 0 Å². The van der Waals surface area contributed by atoms with E-state index in [2.05, 4.69) is 5.32 Å². The van der Waals surface area contributed by atoms with Crippen LogP contribution < -0.4 is 10.1 Å². The molecule has 0 atom stereocenters. The van der Waals surface area contributed by atoms with Crippen LogP contribution in [0.15, 0.2) is 36.4 Å². The van der Waals surface area contributed by atoms with Gasteiger partial charge in [0.2, 0.25) is 5.91 Å². The Kier molecular flexibility index (Phi) is 5.09. The number of rotatable bonds is 5. The maximum atomic E-state index is 13.0. The molecule has 0 saturated carbocycles. The van der Waals surface area contributed by atoms with Crippen molar-refractivity contribution in [3.05, 3.63) is 59.2 Å². The van der Waals surface area contributed by atoms with Crippen LogP contribution in [0.4, 0.5) is 14.5 Å². The molecule has 0 aliphatic heterocycles. The topological polar surface area (TPSA) is 38.3 Å². The molecule has 2 rings (SSSR count). The maximum Gasteiger partial charge on any atom is 0.227 e. The third kappa shape index (κ3) is 4.04. The van der Waals surface area contributed by atoms with Crippen LogP contribution in [0.2, 0.25) is 0 Å². The number of anilines is 1. The van der Waals surface area contributed by atoms with Crippen LogP contribution >= 0.6 is 0 Å². The van der Waals surface area contributed by atoms with Crippen LogP contribution in [-0.4, -0.2) is 12.5 Å². The molecule has 0 aliphatic carbocycles. The fourth-order valence-corrected chi connectivity index (χ4v) is 1.93. The summed E-state index contributed by atoms with van der Waals surface area (Å²) in [5, 5.41) is 2.50. The zero-order valence-corrected chi connectivity index (χ0v) is 12.5. The monoisotopic (exact) mass is 305 g/mol. The Morgan fingerprint density at radius 1 is 1.14 bits per heavy atom. The summed E-state index contributed by atoms with van der Waals surface area (Å²) in [6.07, 6.45) is 0.117. The van der Waals surface area contributed by atoms with Crippen molar-refractivity contribution in [1.29, 1.82) is 0 Å². The summed E-state index contributed by atoms with van der Waals surface area (Å²) in [7, 11) is 0. The van der Waals surface area contributed by atoms with Crippen LogP contribution in [0.25, 0.3) is 0 Å². The summed E-state index contributed by atoms with van der Waals surface area (Å²) in [5.74, 6) is -1.53. The molecule has 0 fully saturated rings. The summed E-state index contributed by atoms with van der Waals surface area (Å²) in [4.78, 5) is 11.7. The number of amides is 1. The lowest BCUT2D eigenvalue weighted by atomic mass is 10.1. The molecular formula is C17H17F2NO2. The molecule has 3 nitrogen and oxygen atoms in total. The van der Waals surface area contributed by atoms with E-state index in [1.807, 2.05) is 32.0 Å². The molecule has 2 aromatic rings. The van der Waals surface area contributed by atoms with E-state index in [4.69, 9.17) is 4.74 Å². The van der Waals surface area contributed by atoms with Gasteiger partial charge in [0.15, 0.2) is 11.6 Å². The second-order valence-electron chi connectivity index (χ2n) is 4.97. The number of hydrogen-bond donors (Lipinski definition) is 1. The average Bonchev–Trinajstić information content (AvgIpc) is 2.47. The van der Waals surface area contributed by atoms with Gasteiger partial charge in [0.05, 0.1) is 13.0 Å². The summed E-state index contributed by atoms with van der Waals surface area (Å²) in [6, 6.07) is 8.94. The van der Waals surface area contributed by atoms with Crippen molar-refractivity contribution in [2.24, 2.45) is 0 Å². The number of benzene rings is 2. The number of aryl methyl sites for hydroxylation is 1.